The molecule has 0 fully saturated rings. The number of hydrogen-bond donors (Lipinski definition) is 0. The standard InChI is InChI=1S/C33H29N3O4S2/c1-25(37)40-30-19-17-29(18-20-30)32-22-34-33(31(35-32)21-26-11-5-2-6-12-26)36(41-23-27-13-7-3-8-14-27)42(38,39)24-28-15-9-4-10-16-28/h2-20,22H,21,23-24H2,1H3. The molecule has 0 aliphatic rings. The highest BCUT2D eigenvalue weighted by atomic mass is 32.3. The lowest BCUT2D eigenvalue weighted by Gasteiger charge is -2.24. The topological polar surface area (TPSA) is 89.5 Å². The van der Waals surface area contributed by atoms with Crippen molar-refractivity contribution in [3.8, 4) is 17.0 Å². The zero-order valence-corrected chi connectivity index (χ0v) is 24.6. The lowest BCUT2D eigenvalue weighted by molar-refractivity contribution is -0.131. The molecule has 0 radical (unpaired) electrons. The number of rotatable bonds is 11. The Hall–Kier alpha value is -4.47. The smallest absolute Gasteiger partial charge is 0.308 e. The van der Waals surface area contributed by atoms with E-state index >= 15 is 0 Å². The Labute approximate surface area is 250 Å². The van der Waals surface area contributed by atoms with Crippen LogP contribution in [0, 0.1) is 0 Å². The number of nitrogens with zero attached hydrogens (tertiary/aromatic N) is 3. The van der Waals surface area contributed by atoms with Gasteiger partial charge >= 0.3 is 5.97 Å². The first-order valence-corrected chi connectivity index (χ1v) is 15.8. The van der Waals surface area contributed by atoms with Crippen LogP contribution in [0.25, 0.3) is 11.3 Å². The Morgan fingerprint density at radius 3 is 1.95 bits per heavy atom. The second-order valence-corrected chi connectivity index (χ2v) is 12.5. The second-order valence-electron chi connectivity index (χ2n) is 9.53. The molecule has 5 rings (SSSR count). The summed E-state index contributed by atoms with van der Waals surface area (Å²) in [7, 11) is -3.86. The van der Waals surface area contributed by atoms with Crippen LogP contribution in [-0.4, -0.2) is 24.4 Å². The first-order chi connectivity index (χ1) is 20.4. The van der Waals surface area contributed by atoms with E-state index in [9.17, 15) is 13.2 Å². The molecule has 0 unspecified atom stereocenters. The first-order valence-electron chi connectivity index (χ1n) is 13.3. The molecule has 0 spiro atoms. The molecule has 9 heteroatoms. The Morgan fingerprint density at radius 2 is 1.36 bits per heavy atom. The van der Waals surface area contributed by atoms with Crippen molar-refractivity contribution in [2.75, 3.05) is 3.71 Å². The summed E-state index contributed by atoms with van der Waals surface area (Å²) < 4.78 is 34.5. The van der Waals surface area contributed by atoms with Gasteiger partial charge in [-0.25, -0.2) is 18.4 Å². The minimum atomic E-state index is -3.86. The Balaban J connectivity index is 1.56. The van der Waals surface area contributed by atoms with Crippen LogP contribution < -0.4 is 8.45 Å². The van der Waals surface area contributed by atoms with Crippen LogP contribution in [0.15, 0.2) is 121 Å². The molecule has 212 valence electrons. The zero-order chi connectivity index (χ0) is 29.4. The summed E-state index contributed by atoms with van der Waals surface area (Å²) in [6, 6.07) is 35.6. The van der Waals surface area contributed by atoms with Crippen molar-refractivity contribution in [3.05, 3.63) is 144 Å². The highest BCUT2D eigenvalue weighted by Crippen LogP contribution is 2.34. The number of carbonyl (C=O) groups excluding carboxylic acids is 1. The van der Waals surface area contributed by atoms with Crippen molar-refractivity contribution in [1.29, 1.82) is 0 Å². The molecular formula is C33H29N3O4S2. The van der Waals surface area contributed by atoms with E-state index in [2.05, 4.69) is 0 Å². The third-order valence-corrected chi connectivity index (χ3v) is 9.50. The maximum Gasteiger partial charge on any atom is 0.308 e. The van der Waals surface area contributed by atoms with Gasteiger partial charge in [0.15, 0.2) is 5.82 Å². The molecule has 0 saturated carbocycles. The summed E-state index contributed by atoms with van der Waals surface area (Å²) in [4.78, 5) is 21.0. The minimum absolute atomic E-state index is 0.179. The molecular weight excluding hydrogens is 567 g/mol. The van der Waals surface area contributed by atoms with Crippen molar-refractivity contribution in [2.24, 2.45) is 0 Å². The molecule has 0 bridgehead atoms. The number of carbonyl (C=O) groups is 1. The van der Waals surface area contributed by atoms with Crippen LogP contribution >= 0.6 is 11.9 Å². The van der Waals surface area contributed by atoms with E-state index < -0.39 is 16.0 Å². The minimum Gasteiger partial charge on any atom is -0.427 e. The van der Waals surface area contributed by atoms with E-state index in [0.717, 1.165) is 16.7 Å². The summed E-state index contributed by atoms with van der Waals surface area (Å²) >= 11 is 1.18. The third kappa shape index (κ3) is 7.63. The molecule has 4 aromatic carbocycles. The zero-order valence-electron chi connectivity index (χ0n) is 23.0. The Bertz CT molecular complexity index is 1730. The van der Waals surface area contributed by atoms with E-state index in [1.807, 2.05) is 78.9 Å². The Morgan fingerprint density at radius 1 is 0.786 bits per heavy atom. The SMILES string of the molecule is CC(=O)Oc1ccc(-c2cnc(N(SCc3ccccc3)S(=O)(=O)Cc3ccccc3)c(Cc3ccccc3)n2)cc1. The van der Waals surface area contributed by atoms with Crippen LogP contribution in [0.4, 0.5) is 5.82 Å². The average molecular weight is 596 g/mol. The van der Waals surface area contributed by atoms with Crippen molar-refractivity contribution in [3.63, 3.8) is 0 Å². The number of sulfonamides is 1. The van der Waals surface area contributed by atoms with Gasteiger partial charge in [0.1, 0.15) is 5.75 Å². The fourth-order valence-corrected chi connectivity index (χ4v) is 7.14. The predicted octanol–water partition coefficient (Wildman–Crippen LogP) is 6.84. The molecule has 1 heterocycles. The van der Waals surface area contributed by atoms with Crippen molar-refractivity contribution in [1.82, 2.24) is 9.97 Å². The van der Waals surface area contributed by atoms with E-state index in [4.69, 9.17) is 14.7 Å². The van der Waals surface area contributed by atoms with Gasteiger partial charge in [-0.15, -0.1) is 0 Å². The van der Waals surface area contributed by atoms with Crippen LogP contribution in [-0.2, 0) is 32.7 Å². The van der Waals surface area contributed by atoms with Gasteiger partial charge < -0.3 is 4.74 Å². The highest BCUT2D eigenvalue weighted by molar-refractivity contribution is 8.13. The molecule has 42 heavy (non-hydrogen) atoms. The lowest BCUT2D eigenvalue weighted by Crippen LogP contribution is -2.28. The maximum atomic E-state index is 14.0. The normalized spacial score (nSPS) is 11.2. The quantitative estimate of drug-likeness (QED) is 0.0938. The highest BCUT2D eigenvalue weighted by Gasteiger charge is 2.29. The van der Waals surface area contributed by atoms with E-state index in [-0.39, 0.29) is 11.6 Å². The molecule has 1 aromatic heterocycles. The average Bonchev–Trinajstić information content (AvgIpc) is 2.99. The second kappa shape index (κ2) is 13.5. The first kappa shape index (κ1) is 29.0. The van der Waals surface area contributed by atoms with Crippen molar-refractivity contribution in [2.45, 2.75) is 24.9 Å². The molecule has 0 atom stereocenters. The molecule has 0 aliphatic heterocycles. The third-order valence-electron chi connectivity index (χ3n) is 6.26. The number of esters is 1. The van der Waals surface area contributed by atoms with Gasteiger partial charge in [-0.2, -0.15) is 3.71 Å². The fourth-order valence-electron chi connectivity index (χ4n) is 4.30. The summed E-state index contributed by atoms with van der Waals surface area (Å²) in [5.41, 5.74) is 4.51. The predicted molar refractivity (Wildman–Crippen MR) is 167 cm³/mol. The fraction of sp³-hybridized carbons (Fsp3) is 0.121. The van der Waals surface area contributed by atoms with Gasteiger partial charge in [-0.1, -0.05) is 91.0 Å². The van der Waals surface area contributed by atoms with Crippen molar-refractivity contribution < 1.29 is 17.9 Å². The van der Waals surface area contributed by atoms with E-state index in [1.54, 1.807) is 42.6 Å². The monoisotopic (exact) mass is 595 g/mol. The summed E-state index contributed by atoms with van der Waals surface area (Å²) in [6.07, 6.45) is 1.96. The summed E-state index contributed by atoms with van der Waals surface area (Å²) in [5, 5.41) is 0. The molecule has 0 amide bonds. The van der Waals surface area contributed by atoms with Gasteiger partial charge in [0, 0.05) is 24.7 Å². The van der Waals surface area contributed by atoms with Crippen molar-refractivity contribution >= 4 is 33.8 Å². The van der Waals surface area contributed by atoms with Crippen LogP contribution in [0.5, 0.6) is 5.75 Å². The largest absolute Gasteiger partial charge is 0.427 e. The summed E-state index contributed by atoms with van der Waals surface area (Å²) in [5.74, 6) is 0.552. The van der Waals surface area contributed by atoms with Crippen LogP contribution in [0.2, 0.25) is 0 Å². The van der Waals surface area contributed by atoms with Gasteiger partial charge in [-0.3, -0.25) is 4.79 Å². The molecule has 0 N–H and O–H groups in total. The van der Waals surface area contributed by atoms with E-state index in [1.165, 1.54) is 22.6 Å². The van der Waals surface area contributed by atoms with Gasteiger partial charge in [-0.05, 0) is 52.9 Å². The van der Waals surface area contributed by atoms with Gasteiger partial charge in [0.2, 0.25) is 10.0 Å². The lowest BCUT2D eigenvalue weighted by atomic mass is 10.1. The molecule has 0 saturated heterocycles. The van der Waals surface area contributed by atoms with Gasteiger partial charge in [0.05, 0.1) is 23.3 Å². The number of ether oxygens (including phenoxy) is 1. The molecule has 0 aliphatic carbocycles. The number of benzene rings is 4. The molecule has 7 nitrogen and oxygen atoms in total. The number of anilines is 1. The van der Waals surface area contributed by atoms with Gasteiger partial charge in [0.25, 0.3) is 0 Å². The Kier molecular flexibility index (Phi) is 9.31. The molecule has 5 aromatic rings. The van der Waals surface area contributed by atoms with E-state index in [0.29, 0.717) is 34.9 Å². The summed E-state index contributed by atoms with van der Waals surface area (Å²) in [6.45, 7) is 1.35. The maximum absolute atomic E-state index is 14.0. The number of hydrogen-bond acceptors (Lipinski definition) is 7. The van der Waals surface area contributed by atoms with Crippen LogP contribution in [0.1, 0.15) is 29.3 Å². The number of aromatic nitrogens is 2. The van der Waals surface area contributed by atoms with Crippen LogP contribution in [0.3, 0.4) is 0 Å².